The summed E-state index contributed by atoms with van der Waals surface area (Å²) in [5.41, 5.74) is 0.131. The van der Waals surface area contributed by atoms with E-state index in [9.17, 15) is 18.4 Å². The van der Waals surface area contributed by atoms with Crippen LogP contribution < -0.4 is 20.3 Å². The summed E-state index contributed by atoms with van der Waals surface area (Å²) in [6.45, 7) is -2.93. The average molecular weight is 325 g/mol. The second-order valence-electron chi connectivity index (χ2n) is 4.35. The van der Waals surface area contributed by atoms with Gasteiger partial charge in [0.25, 0.3) is 11.5 Å². The van der Waals surface area contributed by atoms with E-state index < -0.39 is 18.1 Å². The van der Waals surface area contributed by atoms with Crippen LogP contribution in [0.2, 0.25) is 0 Å². The third-order valence-electron chi connectivity index (χ3n) is 2.81. The van der Waals surface area contributed by atoms with Crippen LogP contribution in [0.4, 0.5) is 8.78 Å². The van der Waals surface area contributed by atoms with Gasteiger partial charge >= 0.3 is 6.61 Å². The van der Waals surface area contributed by atoms with Crippen molar-refractivity contribution in [3.63, 3.8) is 0 Å². The highest BCUT2D eigenvalue weighted by molar-refractivity contribution is 5.91. The molecule has 0 atom stereocenters. The highest BCUT2D eigenvalue weighted by Crippen LogP contribution is 2.29. The molecule has 1 aromatic carbocycles. The molecule has 122 valence electrons. The van der Waals surface area contributed by atoms with Crippen molar-refractivity contribution in [2.45, 2.75) is 13.2 Å². The van der Waals surface area contributed by atoms with Crippen molar-refractivity contribution in [1.82, 2.24) is 15.5 Å². The van der Waals surface area contributed by atoms with Crippen molar-refractivity contribution in [3.05, 3.63) is 51.9 Å². The molecule has 0 aliphatic rings. The number of carbonyl (C=O) groups is 1. The van der Waals surface area contributed by atoms with Gasteiger partial charge in [-0.05, 0) is 23.8 Å². The minimum absolute atomic E-state index is 0.0298. The predicted octanol–water partition coefficient (Wildman–Crippen LogP) is 1.31. The molecule has 2 rings (SSSR count). The Kier molecular flexibility index (Phi) is 5.23. The van der Waals surface area contributed by atoms with Crippen molar-refractivity contribution in [2.75, 3.05) is 7.11 Å². The number of hydrogen-bond donors (Lipinski definition) is 2. The Morgan fingerprint density at radius 3 is 2.70 bits per heavy atom. The molecule has 2 aromatic rings. The summed E-state index contributed by atoms with van der Waals surface area (Å²) in [5.74, 6) is -0.493. The zero-order valence-electron chi connectivity index (χ0n) is 12.0. The number of methoxy groups -OCH3 is 1. The number of H-pyrrole nitrogens is 1. The second kappa shape index (κ2) is 7.34. The summed E-state index contributed by atoms with van der Waals surface area (Å²) in [7, 11) is 1.33. The molecule has 0 aliphatic heterocycles. The molecule has 1 aromatic heterocycles. The van der Waals surface area contributed by atoms with Crippen LogP contribution >= 0.6 is 0 Å². The van der Waals surface area contributed by atoms with E-state index in [1.165, 1.54) is 31.4 Å². The van der Waals surface area contributed by atoms with Gasteiger partial charge in [-0.3, -0.25) is 9.59 Å². The van der Waals surface area contributed by atoms with Gasteiger partial charge in [0.1, 0.15) is 5.69 Å². The van der Waals surface area contributed by atoms with Crippen LogP contribution in [0.25, 0.3) is 0 Å². The van der Waals surface area contributed by atoms with E-state index in [1.54, 1.807) is 6.07 Å². The molecule has 0 bridgehead atoms. The molecule has 1 heterocycles. The van der Waals surface area contributed by atoms with E-state index in [4.69, 9.17) is 4.74 Å². The lowest BCUT2D eigenvalue weighted by atomic mass is 10.2. The topological polar surface area (TPSA) is 93.3 Å². The molecule has 7 nitrogen and oxygen atoms in total. The quantitative estimate of drug-likeness (QED) is 0.835. The van der Waals surface area contributed by atoms with Gasteiger partial charge in [-0.25, -0.2) is 5.10 Å². The van der Waals surface area contributed by atoms with Gasteiger partial charge < -0.3 is 14.8 Å². The van der Waals surface area contributed by atoms with Crippen molar-refractivity contribution in [2.24, 2.45) is 0 Å². The van der Waals surface area contributed by atoms with E-state index in [0.717, 1.165) is 0 Å². The van der Waals surface area contributed by atoms with Gasteiger partial charge in [0.05, 0.1) is 7.11 Å². The van der Waals surface area contributed by atoms with Gasteiger partial charge in [-0.2, -0.15) is 13.9 Å². The normalized spacial score (nSPS) is 10.4. The lowest BCUT2D eigenvalue weighted by Crippen LogP contribution is -2.25. The number of hydrogen-bond acceptors (Lipinski definition) is 5. The smallest absolute Gasteiger partial charge is 0.387 e. The maximum absolute atomic E-state index is 12.4. The molecule has 0 spiro atoms. The van der Waals surface area contributed by atoms with Crippen LogP contribution in [0.5, 0.6) is 11.5 Å². The molecule has 0 radical (unpaired) electrons. The molecule has 0 saturated heterocycles. The summed E-state index contributed by atoms with van der Waals surface area (Å²) < 4.78 is 34.0. The number of aromatic nitrogens is 2. The SMILES string of the molecule is COc1ccc(CNC(=O)c2ccc(=O)[nH]n2)cc1OC(F)F. The molecule has 0 fully saturated rings. The van der Waals surface area contributed by atoms with Crippen LogP contribution in [0.15, 0.2) is 35.1 Å². The van der Waals surface area contributed by atoms with Crippen LogP contribution in [-0.4, -0.2) is 29.8 Å². The van der Waals surface area contributed by atoms with Crippen molar-refractivity contribution in [1.29, 1.82) is 0 Å². The fourth-order valence-electron chi connectivity index (χ4n) is 1.76. The summed E-state index contributed by atoms with van der Waals surface area (Å²) in [6.07, 6.45) is 0. The van der Waals surface area contributed by atoms with Crippen LogP contribution in [-0.2, 0) is 6.54 Å². The van der Waals surface area contributed by atoms with E-state index in [0.29, 0.717) is 5.56 Å². The fourth-order valence-corrected chi connectivity index (χ4v) is 1.76. The fraction of sp³-hybridized carbons (Fsp3) is 0.214. The Bertz CT molecular complexity index is 729. The zero-order valence-corrected chi connectivity index (χ0v) is 12.0. The van der Waals surface area contributed by atoms with Gasteiger partial charge in [-0.15, -0.1) is 0 Å². The third-order valence-corrected chi connectivity index (χ3v) is 2.81. The standard InChI is InChI=1S/C14H13F2N3O4/c1-22-10-4-2-8(6-11(10)23-14(15)16)7-17-13(21)9-3-5-12(20)19-18-9/h2-6,14H,7H2,1H3,(H,17,21)(H,19,20). The number of alkyl halides is 2. The summed E-state index contributed by atoms with van der Waals surface area (Å²) in [4.78, 5) is 22.7. The van der Waals surface area contributed by atoms with Crippen LogP contribution in [0, 0.1) is 0 Å². The highest BCUT2D eigenvalue weighted by atomic mass is 19.3. The van der Waals surface area contributed by atoms with E-state index in [1.807, 2.05) is 0 Å². The number of benzene rings is 1. The number of aromatic amines is 1. The van der Waals surface area contributed by atoms with Gasteiger partial charge in [0.15, 0.2) is 11.5 Å². The average Bonchev–Trinajstić information content (AvgIpc) is 2.53. The maximum Gasteiger partial charge on any atom is 0.387 e. The van der Waals surface area contributed by atoms with E-state index in [2.05, 4.69) is 20.3 Å². The Balaban J connectivity index is 2.06. The monoisotopic (exact) mass is 325 g/mol. The lowest BCUT2D eigenvalue weighted by Gasteiger charge is -2.12. The number of nitrogens with zero attached hydrogens (tertiary/aromatic N) is 1. The Morgan fingerprint density at radius 1 is 1.30 bits per heavy atom. The Hall–Kier alpha value is -2.97. The molecule has 23 heavy (non-hydrogen) atoms. The first kappa shape index (κ1) is 16.4. The largest absolute Gasteiger partial charge is 0.493 e. The molecule has 1 amide bonds. The summed E-state index contributed by atoms with van der Waals surface area (Å²) >= 11 is 0. The van der Waals surface area contributed by atoms with Crippen molar-refractivity contribution >= 4 is 5.91 Å². The molecule has 0 unspecified atom stereocenters. The molecule has 9 heteroatoms. The van der Waals surface area contributed by atoms with Crippen LogP contribution in [0.1, 0.15) is 16.1 Å². The molecule has 0 saturated carbocycles. The minimum atomic E-state index is -2.99. The van der Waals surface area contributed by atoms with Crippen LogP contribution in [0.3, 0.4) is 0 Å². The number of nitrogens with one attached hydrogen (secondary N) is 2. The maximum atomic E-state index is 12.4. The number of rotatable bonds is 6. The molecule has 0 aliphatic carbocycles. The van der Waals surface area contributed by atoms with Gasteiger partial charge in [-0.1, -0.05) is 6.07 Å². The Labute approximate surface area is 129 Å². The number of amides is 1. The number of ether oxygens (including phenoxy) is 2. The first-order valence-corrected chi connectivity index (χ1v) is 6.45. The molecule has 2 N–H and O–H groups in total. The number of halogens is 2. The minimum Gasteiger partial charge on any atom is -0.493 e. The predicted molar refractivity (Wildman–Crippen MR) is 75.7 cm³/mol. The third kappa shape index (κ3) is 4.50. The Morgan fingerprint density at radius 2 is 2.09 bits per heavy atom. The first-order valence-electron chi connectivity index (χ1n) is 6.45. The van der Waals surface area contributed by atoms with E-state index in [-0.39, 0.29) is 23.7 Å². The van der Waals surface area contributed by atoms with Crippen molar-refractivity contribution in [3.8, 4) is 11.5 Å². The second-order valence-corrected chi connectivity index (χ2v) is 4.35. The van der Waals surface area contributed by atoms with Crippen molar-refractivity contribution < 1.29 is 23.0 Å². The zero-order chi connectivity index (χ0) is 16.8. The summed E-state index contributed by atoms with van der Waals surface area (Å²) in [5, 5.41) is 8.27. The molecular formula is C14H13F2N3O4. The number of carbonyl (C=O) groups excluding carboxylic acids is 1. The van der Waals surface area contributed by atoms with E-state index >= 15 is 0 Å². The highest BCUT2D eigenvalue weighted by Gasteiger charge is 2.12. The van der Waals surface area contributed by atoms with Gasteiger partial charge in [0, 0.05) is 12.6 Å². The molecular weight excluding hydrogens is 312 g/mol. The first-order chi connectivity index (χ1) is 11.0. The van der Waals surface area contributed by atoms with Gasteiger partial charge in [0.2, 0.25) is 0 Å². The lowest BCUT2D eigenvalue weighted by molar-refractivity contribution is -0.0512. The summed E-state index contributed by atoms with van der Waals surface area (Å²) in [6, 6.07) is 6.83.